The Kier molecular flexibility index (Phi) is 2.44. The molecule has 2 heteroatoms. The van der Waals surface area contributed by atoms with Gasteiger partial charge in [-0.2, -0.15) is 0 Å². The molecule has 1 fully saturated rings. The average Bonchev–Trinajstić information content (AvgIpc) is 3.05. The van der Waals surface area contributed by atoms with E-state index in [9.17, 15) is 0 Å². The number of hydrogen-bond acceptors (Lipinski definition) is 2. The third-order valence-electron chi connectivity index (χ3n) is 4.40. The molecule has 0 saturated carbocycles. The van der Waals surface area contributed by atoms with Gasteiger partial charge in [0.2, 0.25) is 0 Å². The smallest absolute Gasteiger partial charge is 0.0913 e. The van der Waals surface area contributed by atoms with Crippen LogP contribution in [0.15, 0.2) is 41.8 Å². The van der Waals surface area contributed by atoms with Crippen molar-refractivity contribution in [1.29, 1.82) is 0 Å². The molecule has 2 atom stereocenters. The van der Waals surface area contributed by atoms with E-state index >= 15 is 0 Å². The van der Waals surface area contributed by atoms with E-state index in [0.717, 1.165) is 5.92 Å². The standard InChI is InChI=1S/C16H17NS/c1-2-7-14-12(5-1)11-13-6-3-9-17(16(13)14)15-8-4-10-18-15/h1-2,4-5,7-8,10,13,16H,3,6,9,11H2. The highest BCUT2D eigenvalue weighted by Crippen LogP contribution is 2.47. The Bertz CT molecular complexity index is 546. The second-order valence-corrected chi connectivity index (χ2v) is 6.32. The molecule has 2 aromatic rings. The Balaban J connectivity index is 1.78. The van der Waals surface area contributed by atoms with Crippen molar-refractivity contribution in [3.8, 4) is 0 Å². The van der Waals surface area contributed by atoms with E-state index in [2.05, 4.69) is 46.7 Å². The van der Waals surface area contributed by atoms with Gasteiger partial charge in [0.05, 0.1) is 11.0 Å². The molecule has 0 N–H and O–H groups in total. The van der Waals surface area contributed by atoms with Gasteiger partial charge < -0.3 is 4.90 Å². The molecule has 4 rings (SSSR count). The van der Waals surface area contributed by atoms with E-state index in [1.165, 1.54) is 30.8 Å². The Morgan fingerprint density at radius 3 is 2.94 bits per heavy atom. The Morgan fingerprint density at radius 2 is 2.06 bits per heavy atom. The molecule has 1 saturated heterocycles. The minimum absolute atomic E-state index is 0.633. The Hall–Kier alpha value is -1.28. The first-order chi connectivity index (χ1) is 8.93. The summed E-state index contributed by atoms with van der Waals surface area (Å²) in [7, 11) is 0. The number of benzene rings is 1. The first-order valence-corrected chi connectivity index (χ1v) is 7.69. The predicted molar refractivity (Wildman–Crippen MR) is 77.3 cm³/mol. The van der Waals surface area contributed by atoms with Gasteiger partial charge in [0.15, 0.2) is 0 Å². The van der Waals surface area contributed by atoms with Gasteiger partial charge in [0.1, 0.15) is 0 Å². The van der Waals surface area contributed by atoms with Gasteiger partial charge >= 0.3 is 0 Å². The molecule has 2 aliphatic rings. The zero-order chi connectivity index (χ0) is 11.9. The summed E-state index contributed by atoms with van der Waals surface area (Å²) in [5.41, 5.74) is 3.16. The highest BCUT2D eigenvalue weighted by atomic mass is 32.1. The lowest BCUT2D eigenvalue weighted by molar-refractivity contribution is 0.352. The van der Waals surface area contributed by atoms with E-state index in [4.69, 9.17) is 0 Å². The molecule has 0 bridgehead atoms. The molecule has 1 nitrogen and oxygen atoms in total. The van der Waals surface area contributed by atoms with Crippen molar-refractivity contribution in [3.05, 3.63) is 52.9 Å². The molecule has 18 heavy (non-hydrogen) atoms. The number of rotatable bonds is 1. The summed E-state index contributed by atoms with van der Waals surface area (Å²) < 4.78 is 0. The molecule has 0 spiro atoms. The highest BCUT2D eigenvalue weighted by molar-refractivity contribution is 7.14. The molecular formula is C16H17NS. The van der Waals surface area contributed by atoms with Crippen LogP contribution < -0.4 is 4.90 Å². The first-order valence-electron chi connectivity index (χ1n) is 6.81. The second-order valence-electron chi connectivity index (χ2n) is 5.39. The molecular weight excluding hydrogens is 238 g/mol. The van der Waals surface area contributed by atoms with E-state index in [1.54, 1.807) is 11.1 Å². The predicted octanol–water partition coefficient (Wildman–Crippen LogP) is 4.26. The monoisotopic (exact) mass is 255 g/mol. The van der Waals surface area contributed by atoms with Gasteiger partial charge in [-0.05, 0) is 53.8 Å². The zero-order valence-electron chi connectivity index (χ0n) is 10.4. The lowest BCUT2D eigenvalue weighted by atomic mass is 9.90. The number of piperidine rings is 1. The number of anilines is 1. The second kappa shape index (κ2) is 4.13. The maximum Gasteiger partial charge on any atom is 0.0913 e. The van der Waals surface area contributed by atoms with Crippen molar-refractivity contribution in [3.63, 3.8) is 0 Å². The summed E-state index contributed by atoms with van der Waals surface area (Å²) in [6.45, 7) is 1.22. The van der Waals surface area contributed by atoms with E-state index in [0.29, 0.717) is 6.04 Å². The number of fused-ring (bicyclic) bond motifs is 3. The third kappa shape index (κ3) is 1.52. The van der Waals surface area contributed by atoms with Crippen molar-refractivity contribution >= 4 is 16.3 Å². The SMILES string of the molecule is c1csc(N2CCCC3Cc4ccccc4C32)c1. The van der Waals surface area contributed by atoms with Crippen LogP contribution in [0, 0.1) is 5.92 Å². The van der Waals surface area contributed by atoms with Crippen molar-refractivity contribution < 1.29 is 0 Å². The summed E-state index contributed by atoms with van der Waals surface area (Å²) in [4.78, 5) is 2.64. The molecule has 1 aromatic carbocycles. The van der Waals surface area contributed by atoms with Crippen LogP contribution in [0.2, 0.25) is 0 Å². The highest BCUT2D eigenvalue weighted by Gasteiger charge is 2.38. The summed E-state index contributed by atoms with van der Waals surface area (Å²) in [6.07, 6.45) is 4.01. The van der Waals surface area contributed by atoms with Crippen LogP contribution >= 0.6 is 11.3 Å². The van der Waals surface area contributed by atoms with Crippen molar-refractivity contribution in [2.45, 2.75) is 25.3 Å². The average molecular weight is 255 g/mol. The molecule has 0 radical (unpaired) electrons. The van der Waals surface area contributed by atoms with Gasteiger partial charge in [0.25, 0.3) is 0 Å². The first kappa shape index (κ1) is 10.6. The lowest BCUT2D eigenvalue weighted by Gasteiger charge is -2.39. The zero-order valence-corrected chi connectivity index (χ0v) is 11.2. The quantitative estimate of drug-likeness (QED) is 0.736. The maximum atomic E-state index is 2.64. The van der Waals surface area contributed by atoms with Crippen LogP contribution in [0.25, 0.3) is 0 Å². The van der Waals surface area contributed by atoms with E-state index in [1.807, 2.05) is 11.3 Å². The summed E-state index contributed by atoms with van der Waals surface area (Å²) in [5.74, 6) is 0.832. The van der Waals surface area contributed by atoms with Crippen LogP contribution in [0.3, 0.4) is 0 Å². The molecule has 1 aliphatic carbocycles. The van der Waals surface area contributed by atoms with Gasteiger partial charge in [-0.1, -0.05) is 24.3 Å². The fourth-order valence-corrected chi connectivity index (χ4v) is 4.48. The number of hydrogen-bond donors (Lipinski definition) is 0. The summed E-state index contributed by atoms with van der Waals surface area (Å²) in [6, 6.07) is 14.1. The molecule has 1 aromatic heterocycles. The van der Waals surface area contributed by atoms with Crippen LogP contribution in [-0.4, -0.2) is 6.54 Å². The minimum atomic E-state index is 0.633. The van der Waals surface area contributed by atoms with Gasteiger partial charge in [-0.15, -0.1) is 11.3 Å². The molecule has 92 valence electrons. The fourth-order valence-electron chi connectivity index (χ4n) is 3.68. The molecule has 2 unspecified atom stereocenters. The Labute approximate surface area is 112 Å². The van der Waals surface area contributed by atoms with Gasteiger partial charge in [0, 0.05) is 6.54 Å². The normalized spacial score (nSPS) is 25.9. The van der Waals surface area contributed by atoms with Crippen LogP contribution in [-0.2, 0) is 6.42 Å². The summed E-state index contributed by atoms with van der Waals surface area (Å²) in [5, 5.41) is 3.64. The molecule has 0 amide bonds. The van der Waals surface area contributed by atoms with Crippen molar-refractivity contribution in [2.24, 2.45) is 5.92 Å². The van der Waals surface area contributed by atoms with Crippen LogP contribution in [0.4, 0.5) is 5.00 Å². The van der Waals surface area contributed by atoms with Crippen LogP contribution in [0.1, 0.15) is 30.0 Å². The molecule has 2 heterocycles. The fraction of sp³-hybridized carbons (Fsp3) is 0.375. The lowest BCUT2D eigenvalue weighted by Crippen LogP contribution is -2.36. The van der Waals surface area contributed by atoms with Gasteiger partial charge in [-0.3, -0.25) is 0 Å². The Morgan fingerprint density at radius 1 is 1.11 bits per heavy atom. The number of nitrogens with zero attached hydrogens (tertiary/aromatic N) is 1. The van der Waals surface area contributed by atoms with E-state index < -0.39 is 0 Å². The van der Waals surface area contributed by atoms with Crippen molar-refractivity contribution in [2.75, 3.05) is 11.4 Å². The van der Waals surface area contributed by atoms with Crippen molar-refractivity contribution in [1.82, 2.24) is 0 Å². The van der Waals surface area contributed by atoms with Gasteiger partial charge in [-0.25, -0.2) is 0 Å². The summed E-state index contributed by atoms with van der Waals surface area (Å²) >= 11 is 1.88. The van der Waals surface area contributed by atoms with Crippen LogP contribution in [0.5, 0.6) is 0 Å². The van der Waals surface area contributed by atoms with E-state index in [-0.39, 0.29) is 0 Å². The maximum absolute atomic E-state index is 2.64. The third-order valence-corrected chi connectivity index (χ3v) is 5.31. The number of thiophene rings is 1. The molecule has 1 aliphatic heterocycles. The largest absolute Gasteiger partial charge is 0.356 e. The minimum Gasteiger partial charge on any atom is -0.356 e. The topological polar surface area (TPSA) is 3.24 Å².